The first-order valence-electron chi connectivity index (χ1n) is 14.4. The Kier molecular flexibility index (Phi) is 8.81. The second-order valence-electron chi connectivity index (χ2n) is 12.0. The van der Waals surface area contributed by atoms with Crippen LogP contribution in [0, 0.1) is 11.8 Å². The number of nitrogens with one attached hydrogen (secondary N) is 1. The molecule has 0 saturated carbocycles. The molecule has 0 radical (unpaired) electrons. The van der Waals surface area contributed by atoms with E-state index in [2.05, 4.69) is 10.1 Å². The van der Waals surface area contributed by atoms with Gasteiger partial charge in [0.1, 0.15) is 28.5 Å². The standard InChI is InChI=1S/C27H31N3O8.C4H8O2/c1-25(2,3)38-24(35)29-14-15(16-9-6-7-10-17(16)29)13-26-18(20(31)36-4)19(21(32)37-5)27(22(33)28-26)11-8-12-30(27)23(26)34;1-3-6-4(2)5/h6-7,9-10,14,18-19H,8,11-13H2,1-5H3,(H,28,33);3H2,1-2H3/t18-,19-,26-,27-;/m0./s1. The number of hydrogen-bond acceptors (Lipinski definition) is 10. The Bertz CT molecular complexity index is 1510. The molecule has 6 rings (SSSR count). The molecule has 13 heteroatoms. The molecular formula is C31H39N3O10. The van der Waals surface area contributed by atoms with Crippen LogP contribution in [0.25, 0.3) is 10.9 Å². The number of ether oxygens (including phenoxy) is 4. The lowest BCUT2D eigenvalue weighted by atomic mass is 9.56. The lowest BCUT2D eigenvalue weighted by Gasteiger charge is -2.60. The minimum absolute atomic E-state index is 0.159. The van der Waals surface area contributed by atoms with Crippen molar-refractivity contribution in [2.24, 2.45) is 11.8 Å². The molecule has 0 unspecified atom stereocenters. The van der Waals surface area contributed by atoms with Gasteiger partial charge in [-0.15, -0.1) is 0 Å². The number of methoxy groups -OCH3 is 2. The number of fused-ring (bicyclic) bond motifs is 3. The van der Waals surface area contributed by atoms with Gasteiger partial charge in [0.05, 0.1) is 26.3 Å². The van der Waals surface area contributed by atoms with Gasteiger partial charge in [-0.2, -0.15) is 0 Å². The van der Waals surface area contributed by atoms with E-state index in [1.54, 1.807) is 58.2 Å². The van der Waals surface area contributed by atoms with E-state index in [-0.39, 0.29) is 25.4 Å². The molecule has 2 bridgehead atoms. The van der Waals surface area contributed by atoms with E-state index in [1.165, 1.54) is 30.6 Å². The van der Waals surface area contributed by atoms with Crippen molar-refractivity contribution < 1.29 is 47.7 Å². The second kappa shape index (κ2) is 11.9. The van der Waals surface area contributed by atoms with Gasteiger partial charge < -0.3 is 29.2 Å². The average Bonchev–Trinajstić information content (AvgIpc) is 3.56. The highest BCUT2D eigenvalue weighted by molar-refractivity contribution is 6.11. The summed E-state index contributed by atoms with van der Waals surface area (Å²) in [4.78, 5) is 78.7. The summed E-state index contributed by atoms with van der Waals surface area (Å²) >= 11 is 0. The van der Waals surface area contributed by atoms with Crippen molar-refractivity contribution in [1.29, 1.82) is 0 Å². The number of aromatic nitrogens is 1. The minimum Gasteiger partial charge on any atom is -0.469 e. The molecule has 0 aliphatic carbocycles. The van der Waals surface area contributed by atoms with Crippen LogP contribution in [0.1, 0.15) is 53.0 Å². The van der Waals surface area contributed by atoms with E-state index >= 15 is 0 Å². The lowest BCUT2D eigenvalue weighted by molar-refractivity contribution is -0.199. The summed E-state index contributed by atoms with van der Waals surface area (Å²) in [6, 6.07) is 7.07. The Morgan fingerprint density at radius 1 is 1.02 bits per heavy atom. The van der Waals surface area contributed by atoms with Gasteiger partial charge in [0.2, 0.25) is 5.91 Å². The van der Waals surface area contributed by atoms with Gasteiger partial charge in [0, 0.05) is 31.5 Å². The number of para-hydroxylation sites is 1. The molecule has 5 heterocycles. The van der Waals surface area contributed by atoms with Crippen LogP contribution in [-0.4, -0.2) is 89.3 Å². The number of amides is 2. The average molecular weight is 614 g/mol. The molecule has 13 nitrogen and oxygen atoms in total. The number of carbonyl (C=O) groups is 6. The minimum atomic E-state index is -1.82. The van der Waals surface area contributed by atoms with Gasteiger partial charge >= 0.3 is 24.0 Å². The molecule has 2 amide bonds. The van der Waals surface area contributed by atoms with Crippen molar-refractivity contribution in [2.45, 2.75) is 70.6 Å². The van der Waals surface area contributed by atoms with E-state index in [0.29, 0.717) is 29.5 Å². The predicted octanol–water partition coefficient (Wildman–Crippen LogP) is 2.36. The SMILES string of the molecule is CCOC(C)=O.COC(=O)[C@@H]1[C@@H](C(=O)OC)[C@]23CCCN2C(=O)[C@@]1(Cc1cn(C(=O)OC(C)(C)C)c2ccccc12)NC3=O. The first-order valence-corrected chi connectivity index (χ1v) is 14.4. The van der Waals surface area contributed by atoms with E-state index < -0.39 is 58.4 Å². The molecule has 1 N–H and O–H groups in total. The van der Waals surface area contributed by atoms with Crippen molar-refractivity contribution in [3.05, 3.63) is 36.0 Å². The summed E-state index contributed by atoms with van der Waals surface area (Å²) in [5.74, 6) is -5.29. The Morgan fingerprint density at radius 3 is 2.23 bits per heavy atom. The topological polar surface area (TPSA) is 160 Å². The fourth-order valence-electron chi connectivity index (χ4n) is 6.71. The van der Waals surface area contributed by atoms with Crippen LogP contribution in [0.3, 0.4) is 0 Å². The maximum Gasteiger partial charge on any atom is 0.419 e. The molecule has 4 aliphatic heterocycles. The number of hydrogen-bond donors (Lipinski definition) is 1. The Morgan fingerprint density at radius 2 is 1.66 bits per heavy atom. The first-order chi connectivity index (χ1) is 20.7. The van der Waals surface area contributed by atoms with Gasteiger partial charge in [-0.25, -0.2) is 4.79 Å². The van der Waals surface area contributed by atoms with E-state index in [9.17, 15) is 28.8 Å². The molecule has 4 fully saturated rings. The third-order valence-electron chi connectivity index (χ3n) is 8.27. The van der Waals surface area contributed by atoms with Crippen LogP contribution >= 0.6 is 0 Å². The molecule has 4 saturated heterocycles. The van der Waals surface area contributed by atoms with E-state index in [1.807, 2.05) is 0 Å². The second-order valence-corrected chi connectivity index (χ2v) is 12.0. The van der Waals surface area contributed by atoms with Crippen LogP contribution in [0.15, 0.2) is 30.5 Å². The quantitative estimate of drug-likeness (QED) is 0.392. The third kappa shape index (κ3) is 5.28. The maximum atomic E-state index is 14.1. The number of nitrogens with zero attached hydrogens (tertiary/aromatic N) is 2. The highest BCUT2D eigenvalue weighted by Gasteiger charge is 2.77. The van der Waals surface area contributed by atoms with Gasteiger partial charge in [0.15, 0.2) is 0 Å². The Hall–Kier alpha value is -4.42. The zero-order valence-electron chi connectivity index (χ0n) is 26.1. The lowest BCUT2D eigenvalue weighted by Crippen LogP contribution is -2.87. The van der Waals surface area contributed by atoms with Crippen LogP contribution in [0.2, 0.25) is 0 Å². The Labute approximate surface area is 255 Å². The fourth-order valence-corrected chi connectivity index (χ4v) is 6.71. The van der Waals surface area contributed by atoms with Gasteiger partial charge in [0.25, 0.3) is 5.91 Å². The first kappa shape index (κ1) is 32.5. The van der Waals surface area contributed by atoms with Crippen molar-refractivity contribution in [3.63, 3.8) is 0 Å². The third-order valence-corrected chi connectivity index (χ3v) is 8.27. The number of esters is 3. The molecule has 1 aromatic carbocycles. The summed E-state index contributed by atoms with van der Waals surface area (Å²) in [5, 5.41) is 3.48. The van der Waals surface area contributed by atoms with Crippen LogP contribution < -0.4 is 5.32 Å². The summed E-state index contributed by atoms with van der Waals surface area (Å²) in [6.45, 7) is 9.19. The summed E-state index contributed by atoms with van der Waals surface area (Å²) < 4.78 is 21.5. The highest BCUT2D eigenvalue weighted by atomic mass is 16.6. The van der Waals surface area contributed by atoms with E-state index in [0.717, 1.165) is 0 Å². The number of rotatable bonds is 5. The van der Waals surface area contributed by atoms with Crippen molar-refractivity contribution in [2.75, 3.05) is 27.4 Å². The van der Waals surface area contributed by atoms with Gasteiger partial charge in [-0.05, 0) is 52.2 Å². The molecule has 44 heavy (non-hydrogen) atoms. The van der Waals surface area contributed by atoms with Crippen LogP contribution in [0.4, 0.5) is 4.79 Å². The molecule has 238 valence electrons. The number of piperazine rings is 1. The largest absolute Gasteiger partial charge is 0.469 e. The Balaban J connectivity index is 0.000000670. The molecular weight excluding hydrogens is 574 g/mol. The predicted molar refractivity (Wildman–Crippen MR) is 155 cm³/mol. The van der Waals surface area contributed by atoms with Crippen LogP contribution in [0.5, 0.6) is 0 Å². The molecule has 4 atom stereocenters. The summed E-state index contributed by atoms with van der Waals surface area (Å²) in [5.41, 5.74) is -3.03. The molecule has 4 aliphatic rings. The van der Waals surface area contributed by atoms with Crippen molar-refractivity contribution in [1.82, 2.24) is 14.8 Å². The number of piperidine rings is 2. The normalized spacial score (nSPS) is 25.4. The monoisotopic (exact) mass is 613 g/mol. The van der Waals surface area contributed by atoms with E-state index in [4.69, 9.17) is 14.2 Å². The zero-order chi connectivity index (χ0) is 32.6. The number of carbonyl (C=O) groups excluding carboxylic acids is 6. The maximum absolute atomic E-state index is 14.1. The highest BCUT2D eigenvalue weighted by Crippen LogP contribution is 2.54. The van der Waals surface area contributed by atoms with Crippen molar-refractivity contribution >= 4 is 46.7 Å². The fraction of sp³-hybridized carbons (Fsp3) is 0.548. The van der Waals surface area contributed by atoms with Gasteiger partial charge in [-0.3, -0.25) is 28.5 Å². The number of benzene rings is 1. The van der Waals surface area contributed by atoms with Crippen LogP contribution in [-0.2, 0) is 49.3 Å². The molecule has 2 aromatic rings. The van der Waals surface area contributed by atoms with Gasteiger partial charge in [-0.1, -0.05) is 18.2 Å². The summed E-state index contributed by atoms with van der Waals surface area (Å²) in [6.07, 6.45) is 1.50. The smallest absolute Gasteiger partial charge is 0.419 e. The van der Waals surface area contributed by atoms with Crippen molar-refractivity contribution in [3.8, 4) is 0 Å². The summed E-state index contributed by atoms with van der Waals surface area (Å²) in [7, 11) is 2.37. The zero-order valence-corrected chi connectivity index (χ0v) is 26.1. The molecule has 1 aromatic heterocycles. The molecule has 1 spiro atoms.